The number of hydrogen-bond donors (Lipinski definition) is 0. The summed E-state index contributed by atoms with van der Waals surface area (Å²) >= 11 is 0. The summed E-state index contributed by atoms with van der Waals surface area (Å²) in [7, 11) is 0. The van der Waals surface area contributed by atoms with Crippen LogP contribution in [0.2, 0.25) is 0 Å². The van der Waals surface area contributed by atoms with Crippen molar-refractivity contribution >= 4 is 32.7 Å². The molecule has 0 saturated heterocycles. The number of hydrogen-bond acceptors (Lipinski definition) is 3. The van der Waals surface area contributed by atoms with E-state index >= 15 is 0 Å². The molecule has 0 aliphatic heterocycles. The van der Waals surface area contributed by atoms with E-state index in [4.69, 9.17) is 15.0 Å². The first-order valence-corrected chi connectivity index (χ1v) is 15.4. The lowest BCUT2D eigenvalue weighted by molar-refractivity contribution is 1.07. The zero-order valence-electron chi connectivity index (χ0n) is 24.8. The van der Waals surface area contributed by atoms with E-state index in [-0.39, 0.29) is 0 Å². The number of rotatable bonds is 5. The van der Waals surface area contributed by atoms with Crippen molar-refractivity contribution in [3.05, 3.63) is 164 Å². The summed E-state index contributed by atoms with van der Waals surface area (Å²) in [5, 5.41) is 3.68. The Morgan fingerprint density at radius 1 is 0.370 bits per heavy atom. The van der Waals surface area contributed by atoms with Gasteiger partial charge in [-0.2, -0.15) is 0 Å². The van der Waals surface area contributed by atoms with Gasteiger partial charge in [-0.1, -0.05) is 97.1 Å². The molecular formula is C41H27N5. The Hall–Kier alpha value is -6.33. The monoisotopic (exact) mass is 589 g/mol. The summed E-state index contributed by atoms with van der Waals surface area (Å²) in [6.45, 7) is 0. The van der Waals surface area contributed by atoms with Crippen LogP contribution in [0.15, 0.2) is 164 Å². The Kier molecular flexibility index (Phi) is 6.06. The van der Waals surface area contributed by atoms with E-state index in [2.05, 4.69) is 112 Å². The second-order valence-corrected chi connectivity index (χ2v) is 11.4. The van der Waals surface area contributed by atoms with Gasteiger partial charge in [0.05, 0.1) is 16.6 Å². The van der Waals surface area contributed by atoms with Gasteiger partial charge in [0.15, 0.2) is 17.5 Å². The molecule has 9 aromatic rings. The van der Waals surface area contributed by atoms with Crippen LogP contribution in [0.1, 0.15) is 0 Å². The van der Waals surface area contributed by atoms with Gasteiger partial charge in [-0.25, -0.2) is 15.0 Å². The highest BCUT2D eigenvalue weighted by atomic mass is 15.0. The highest BCUT2D eigenvalue weighted by Gasteiger charge is 2.16. The highest BCUT2D eigenvalue weighted by molar-refractivity contribution is 6.13. The van der Waals surface area contributed by atoms with Gasteiger partial charge in [-0.3, -0.25) is 0 Å². The third kappa shape index (κ3) is 4.37. The molecule has 0 bridgehead atoms. The Balaban J connectivity index is 1.20. The molecule has 0 saturated carbocycles. The fourth-order valence-electron chi connectivity index (χ4n) is 6.39. The number of aromatic nitrogens is 5. The molecule has 5 nitrogen and oxygen atoms in total. The lowest BCUT2D eigenvalue weighted by atomic mass is 10.1. The Morgan fingerprint density at radius 3 is 1.54 bits per heavy atom. The maximum atomic E-state index is 4.93. The lowest BCUT2D eigenvalue weighted by Gasteiger charge is -2.11. The standard InChI is InChI=1S/C41H27N5/c1-4-12-28(13-5-1)39-42-40(29-14-6-2-7-15-29)44-41(43-39)30-20-22-33(23-21-30)46-36-19-11-10-18-34(36)35-26-31-24-25-45(37(31)27-38(35)46)32-16-8-3-9-17-32/h1-27H. The van der Waals surface area contributed by atoms with Crippen molar-refractivity contribution in [1.29, 1.82) is 0 Å². The van der Waals surface area contributed by atoms with Crippen LogP contribution in [-0.2, 0) is 0 Å². The first-order chi connectivity index (χ1) is 22.8. The second kappa shape index (κ2) is 10.7. The van der Waals surface area contributed by atoms with Gasteiger partial charge in [0, 0.05) is 50.4 Å². The molecule has 0 amide bonds. The van der Waals surface area contributed by atoms with Crippen LogP contribution in [0.25, 0.3) is 78.2 Å². The molecule has 9 rings (SSSR count). The number of fused-ring (bicyclic) bond motifs is 4. The molecule has 46 heavy (non-hydrogen) atoms. The summed E-state index contributed by atoms with van der Waals surface area (Å²) in [5.41, 5.74) is 8.57. The molecular weight excluding hydrogens is 562 g/mol. The molecule has 0 spiro atoms. The first-order valence-electron chi connectivity index (χ1n) is 15.4. The molecule has 0 N–H and O–H groups in total. The topological polar surface area (TPSA) is 48.5 Å². The molecule has 0 radical (unpaired) electrons. The molecule has 216 valence electrons. The third-order valence-electron chi connectivity index (χ3n) is 8.60. The number of nitrogens with zero attached hydrogens (tertiary/aromatic N) is 5. The van der Waals surface area contributed by atoms with Crippen molar-refractivity contribution < 1.29 is 0 Å². The fraction of sp³-hybridized carbons (Fsp3) is 0. The van der Waals surface area contributed by atoms with Crippen LogP contribution in [0.3, 0.4) is 0 Å². The molecule has 3 aromatic heterocycles. The minimum atomic E-state index is 0.642. The second-order valence-electron chi connectivity index (χ2n) is 11.4. The van der Waals surface area contributed by atoms with E-state index in [1.165, 1.54) is 27.2 Å². The summed E-state index contributed by atoms with van der Waals surface area (Å²) in [5.74, 6) is 1.95. The summed E-state index contributed by atoms with van der Waals surface area (Å²) in [6.07, 6.45) is 2.16. The van der Waals surface area contributed by atoms with Gasteiger partial charge < -0.3 is 9.13 Å². The smallest absolute Gasteiger partial charge is 0.164 e. The first kappa shape index (κ1) is 26.1. The predicted molar refractivity (Wildman–Crippen MR) is 187 cm³/mol. The van der Waals surface area contributed by atoms with Crippen molar-refractivity contribution in [1.82, 2.24) is 24.1 Å². The van der Waals surface area contributed by atoms with Crippen LogP contribution in [-0.4, -0.2) is 24.1 Å². The Labute approximate surface area is 265 Å². The van der Waals surface area contributed by atoms with Crippen molar-refractivity contribution in [2.45, 2.75) is 0 Å². The van der Waals surface area contributed by atoms with Crippen molar-refractivity contribution in [2.24, 2.45) is 0 Å². The van der Waals surface area contributed by atoms with Gasteiger partial charge in [0.2, 0.25) is 0 Å². The molecule has 0 atom stereocenters. The summed E-state index contributed by atoms with van der Waals surface area (Å²) in [6, 6.07) is 54.7. The molecule has 0 unspecified atom stereocenters. The maximum absolute atomic E-state index is 4.93. The fourth-order valence-corrected chi connectivity index (χ4v) is 6.39. The minimum Gasteiger partial charge on any atom is -0.316 e. The Morgan fingerprint density at radius 2 is 0.913 bits per heavy atom. The van der Waals surface area contributed by atoms with Crippen LogP contribution in [0.4, 0.5) is 0 Å². The van der Waals surface area contributed by atoms with E-state index in [0.29, 0.717) is 17.5 Å². The quantitative estimate of drug-likeness (QED) is 0.201. The van der Waals surface area contributed by atoms with Crippen LogP contribution in [0, 0.1) is 0 Å². The van der Waals surface area contributed by atoms with Crippen molar-refractivity contribution in [2.75, 3.05) is 0 Å². The van der Waals surface area contributed by atoms with E-state index in [1.54, 1.807) is 0 Å². The number of para-hydroxylation sites is 2. The zero-order valence-corrected chi connectivity index (χ0v) is 24.8. The van der Waals surface area contributed by atoms with Crippen molar-refractivity contribution in [3.63, 3.8) is 0 Å². The molecule has 6 aromatic carbocycles. The third-order valence-corrected chi connectivity index (χ3v) is 8.60. The maximum Gasteiger partial charge on any atom is 0.164 e. The van der Waals surface area contributed by atoms with Crippen LogP contribution >= 0.6 is 0 Å². The zero-order chi connectivity index (χ0) is 30.5. The molecule has 0 fully saturated rings. The van der Waals surface area contributed by atoms with Gasteiger partial charge in [-0.15, -0.1) is 0 Å². The van der Waals surface area contributed by atoms with E-state index in [1.807, 2.05) is 60.7 Å². The van der Waals surface area contributed by atoms with Crippen LogP contribution in [0.5, 0.6) is 0 Å². The largest absolute Gasteiger partial charge is 0.316 e. The van der Waals surface area contributed by atoms with E-state index < -0.39 is 0 Å². The van der Waals surface area contributed by atoms with Gasteiger partial charge in [-0.05, 0) is 60.7 Å². The van der Waals surface area contributed by atoms with Crippen LogP contribution < -0.4 is 0 Å². The lowest BCUT2D eigenvalue weighted by Crippen LogP contribution is -2.00. The minimum absolute atomic E-state index is 0.642. The molecule has 5 heteroatoms. The Bertz CT molecular complexity index is 2440. The average molecular weight is 590 g/mol. The van der Waals surface area contributed by atoms with E-state index in [9.17, 15) is 0 Å². The van der Waals surface area contributed by atoms with Crippen molar-refractivity contribution in [3.8, 4) is 45.5 Å². The number of benzene rings is 6. The SMILES string of the molecule is c1ccc(-c2nc(-c3ccccc3)nc(-c3ccc(-n4c5ccccc5c5cc6ccn(-c7ccccc7)c6cc54)cc3)n2)cc1. The predicted octanol–water partition coefficient (Wildman–Crippen LogP) is 9.91. The average Bonchev–Trinajstić information content (AvgIpc) is 3.70. The van der Waals surface area contributed by atoms with E-state index in [0.717, 1.165) is 33.6 Å². The molecule has 0 aliphatic rings. The van der Waals surface area contributed by atoms with Gasteiger partial charge >= 0.3 is 0 Å². The van der Waals surface area contributed by atoms with Gasteiger partial charge in [0.25, 0.3) is 0 Å². The highest BCUT2D eigenvalue weighted by Crippen LogP contribution is 2.36. The molecule has 3 heterocycles. The normalized spacial score (nSPS) is 11.5. The summed E-state index contributed by atoms with van der Waals surface area (Å²) in [4.78, 5) is 14.7. The molecule has 0 aliphatic carbocycles. The summed E-state index contributed by atoms with van der Waals surface area (Å²) < 4.78 is 4.61. The van der Waals surface area contributed by atoms with Gasteiger partial charge in [0.1, 0.15) is 0 Å².